The fourth-order valence-corrected chi connectivity index (χ4v) is 5.84. The van der Waals surface area contributed by atoms with Crippen molar-refractivity contribution in [3.63, 3.8) is 0 Å². The standard InChI is InChI=1S/C32H38N4O7/c1-3-5-10-25-29(38)36-19-23(17-26(36)27(37)35-32(30(39)40)18-22(32)4-2)43-28-24-16-20(11-12-21(24)13-14-33-28)9-7-6-8-15-42-31(41)34-25/h4,7,9,11-14,16,22-23,25-26H,2-3,5-6,8,10,15,17-19H2,1H3,(H,34,41)(H,35,37)(H,39,40)/b9-7+/t22?,23-,25+,26+,32-/m1/s1. The molecule has 11 nitrogen and oxygen atoms in total. The molecule has 3 amide bonds. The van der Waals surface area contributed by atoms with Crippen molar-refractivity contribution < 1.29 is 33.8 Å². The Morgan fingerprint density at radius 3 is 2.88 bits per heavy atom. The van der Waals surface area contributed by atoms with Gasteiger partial charge in [-0.2, -0.15) is 0 Å². The number of fused-ring (bicyclic) bond motifs is 3. The van der Waals surface area contributed by atoms with E-state index in [4.69, 9.17) is 9.47 Å². The first-order valence-corrected chi connectivity index (χ1v) is 14.9. The monoisotopic (exact) mass is 590 g/mol. The summed E-state index contributed by atoms with van der Waals surface area (Å²) in [7, 11) is 0. The second-order valence-corrected chi connectivity index (χ2v) is 11.4. The quantitative estimate of drug-likeness (QED) is 0.413. The Morgan fingerprint density at radius 2 is 2.14 bits per heavy atom. The molecule has 11 heteroatoms. The van der Waals surface area contributed by atoms with Gasteiger partial charge in [0.1, 0.15) is 23.7 Å². The Labute approximate surface area is 250 Å². The average Bonchev–Trinajstić information content (AvgIpc) is 3.56. The minimum atomic E-state index is -1.45. The van der Waals surface area contributed by atoms with Crippen LogP contribution in [0.5, 0.6) is 5.88 Å². The molecule has 43 heavy (non-hydrogen) atoms. The van der Waals surface area contributed by atoms with E-state index < -0.39 is 53.5 Å². The van der Waals surface area contributed by atoms with Crippen molar-refractivity contribution in [3.05, 3.63) is 54.8 Å². The van der Waals surface area contributed by atoms with E-state index in [-0.39, 0.29) is 26.0 Å². The van der Waals surface area contributed by atoms with Crippen molar-refractivity contribution in [2.75, 3.05) is 13.2 Å². The molecule has 0 radical (unpaired) electrons. The van der Waals surface area contributed by atoms with Gasteiger partial charge >= 0.3 is 12.1 Å². The molecule has 2 aromatic rings. The molecule has 1 unspecified atom stereocenters. The predicted molar refractivity (Wildman–Crippen MR) is 159 cm³/mol. The number of nitrogens with zero attached hydrogens (tertiary/aromatic N) is 2. The number of carbonyl (C=O) groups is 4. The van der Waals surface area contributed by atoms with E-state index in [0.29, 0.717) is 31.6 Å². The zero-order chi connectivity index (χ0) is 30.6. The molecule has 1 saturated heterocycles. The lowest BCUT2D eigenvalue weighted by Gasteiger charge is -2.29. The molecule has 3 aliphatic rings. The Bertz CT molecular complexity index is 1440. The van der Waals surface area contributed by atoms with Crippen LogP contribution in [0.15, 0.2) is 49.2 Å². The van der Waals surface area contributed by atoms with Crippen LogP contribution in [0, 0.1) is 5.92 Å². The third-order valence-electron chi connectivity index (χ3n) is 8.40. The summed E-state index contributed by atoms with van der Waals surface area (Å²) in [4.78, 5) is 58.3. The van der Waals surface area contributed by atoms with Crippen molar-refractivity contribution in [3.8, 4) is 5.88 Å². The van der Waals surface area contributed by atoms with Crippen molar-refractivity contribution in [1.29, 1.82) is 0 Å². The number of aliphatic carboxylic acids is 1. The molecule has 228 valence electrons. The first-order chi connectivity index (χ1) is 20.8. The van der Waals surface area contributed by atoms with Crippen LogP contribution in [0.4, 0.5) is 4.79 Å². The van der Waals surface area contributed by atoms with Gasteiger partial charge in [0.25, 0.3) is 0 Å². The number of pyridine rings is 1. The van der Waals surface area contributed by atoms with Gasteiger partial charge in [0, 0.05) is 23.9 Å². The van der Waals surface area contributed by atoms with Crippen LogP contribution in [0.25, 0.3) is 16.8 Å². The third kappa shape index (κ3) is 6.50. The number of carboxylic acid groups (broad SMARTS) is 1. The van der Waals surface area contributed by atoms with E-state index in [1.54, 1.807) is 6.20 Å². The molecule has 2 aliphatic heterocycles. The van der Waals surface area contributed by atoms with Crippen molar-refractivity contribution in [1.82, 2.24) is 20.5 Å². The first kappa shape index (κ1) is 30.1. The van der Waals surface area contributed by atoms with Gasteiger partial charge in [-0.05, 0) is 48.8 Å². The number of carboxylic acids is 1. The van der Waals surface area contributed by atoms with Crippen LogP contribution in [0.3, 0.4) is 0 Å². The number of unbranched alkanes of at least 4 members (excludes halogenated alkanes) is 1. The SMILES string of the molecule is C=CC1C[C@]1(NC(=O)[C@@H]1C[C@@H]2CN1C(=O)[C@H](CCCC)NC(=O)OCCC/C=C/c1ccc3ccnc(c3c1)O2)C(=O)O. The Balaban J connectivity index is 1.49. The Morgan fingerprint density at radius 1 is 1.30 bits per heavy atom. The van der Waals surface area contributed by atoms with E-state index in [9.17, 15) is 24.3 Å². The lowest BCUT2D eigenvalue weighted by atomic mass is 10.1. The zero-order valence-corrected chi connectivity index (χ0v) is 24.3. The molecule has 1 aromatic carbocycles. The van der Waals surface area contributed by atoms with Gasteiger partial charge in [-0.1, -0.05) is 50.1 Å². The lowest BCUT2D eigenvalue weighted by Crippen LogP contribution is -2.56. The van der Waals surface area contributed by atoms with Gasteiger partial charge in [-0.15, -0.1) is 6.58 Å². The van der Waals surface area contributed by atoms with Gasteiger partial charge in [-0.3, -0.25) is 9.59 Å². The zero-order valence-electron chi connectivity index (χ0n) is 24.3. The van der Waals surface area contributed by atoms with Gasteiger partial charge in [0.15, 0.2) is 0 Å². The van der Waals surface area contributed by atoms with Crippen LogP contribution in [-0.2, 0) is 19.1 Å². The molecule has 1 aromatic heterocycles. The molecule has 1 saturated carbocycles. The molecule has 5 rings (SSSR count). The molecule has 1 aliphatic carbocycles. The summed E-state index contributed by atoms with van der Waals surface area (Å²) in [5.74, 6) is -2.22. The van der Waals surface area contributed by atoms with Crippen LogP contribution in [0.2, 0.25) is 0 Å². The summed E-state index contributed by atoms with van der Waals surface area (Å²) < 4.78 is 11.7. The largest absolute Gasteiger partial charge is 0.479 e. The normalized spacial score (nSPS) is 28.2. The van der Waals surface area contributed by atoms with Crippen LogP contribution < -0.4 is 15.4 Å². The summed E-state index contributed by atoms with van der Waals surface area (Å²) >= 11 is 0. The van der Waals surface area contributed by atoms with Crippen molar-refractivity contribution in [2.45, 2.75) is 75.6 Å². The molecule has 3 N–H and O–H groups in total. The first-order valence-electron chi connectivity index (χ1n) is 14.9. The number of nitrogens with one attached hydrogen (secondary N) is 2. The summed E-state index contributed by atoms with van der Waals surface area (Å²) in [6, 6.07) is 5.89. The number of allylic oxidation sites excluding steroid dienone is 1. The number of cyclic esters (lactones) is 1. The number of benzene rings is 1. The van der Waals surface area contributed by atoms with E-state index in [1.807, 2.05) is 43.3 Å². The van der Waals surface area contributed by atoms with Gasteiger partial charge in [-0.25, -0.2) is 14.6 Å². The topological polar surface area (TPSA) is 147 Å². The third-order valence-corrected chi connectivity index (χ3v) is 8.40. The highest BCUT2D eigenvalue weighted by Crippen LogP contribution is 2.45. The molecular weight excluding hydrogens is 552 g/mol. The second kappa shape index (κ2) is 12.8. The molecular formula is C32H38N4O7. The Hall–Kier alpha value is -4.41. The van der Waals surface area contributed by atoms with Crippen LogP contribution in [0.1, 0.15) is 57.4 Å². The number of aromatic nitrogens is 1. The smallest absolute Gasteiger partial charge is 0.407 e. The minimum Gasteiger partial charge on any atom is -0.479 e. The number of hydrogen-bond donors (Lipinski definition) is 3. The summed E-state index contributed by atoms with van der Waals surface area (Å²) in [5.41, 5.74) is -0.506. The highest BCUT2D eigenvalue weighted by atomic mass is 16.5. The van der Waals surface area contributed by atoms with Crippen LogP contribution in [-0.4, -0.2) is 75.7 Å². The number of ether oxygens (including phenoxy) is 2. The number of rotatable bonds is 7. The Kier molecular flexibility index (Phi) is 8.98. The van der Waals surface area contributed by atoms with E-state index in [0.717, 1.165) is 22.8 Å². The van der Waals surface area contributed by atoms with E-state index in [2.05, 4.69) is 22.2 Å². The van der Waals surface area contributed by atoms with Crippen molar-refractivity contribution >= 4 is 40.7 Å². The maximum Gasteiger partial charge on any atom is 0.407 e. The maximum atomic E-state index is 14.0. The number of alkyl carbamates (subject to hydrolysis) is 1. The summed E-state index contributed by atoms with van der Waals surface area (Å²) in [6.07, 6.45) is 9.31. The lowest BCUT2D eigenvalue weighted by molar-refractivity contribution is -0.145. The second-order valence-electron chi connectivity index (χ2n) is 11.4. The summed E-state index contributed by atoms with van der Waals surface area (Å²) in [5, 5.41) is 17.0. The predicted octanol–water partition coefficient (Wildman–Crippen LogP) is 3.82. The maximum absolute atomic E-state index is 14.0. The summed E-state index contributed by atoms with van der Waals surface area (Å²) in [6.45, 7) is 5.90. The molecule has 3 heterocycles. The van der Waals surface area contributed by atoms with Gasteiger partial charge in [0.2, 0.25) is 17.7 Å². The van der Waals surface area contributed by atoms with Crippen LogP contribution >= 0.6 is 0 Å². The molecule has 4 bridgehead atoms. The fourth-order valence-electron chi connectivity index (χ4n) is 5.84. The van der Waals surface area contributed by atoms with Gasteiger partial charge < -0.3 is 30.1 Å². The number of amides is 3. The van der Waals surface area contributed by atoms with Gasteiger partial charge in [0.05, 0.1) is 13.2 Å². The minimum absolute atomic E-state index is 0.0545. The fraction of sp³-hybridized carbons (Fsp3) is 0.469. The highest BCUT2D eigenvalue weighted by Gasteiger charge is 2.61. The molecule has 0 spiro atoms. The molecule has 5 atom stereocenters. The molecule has 2 fully saturated rings. The van der Waals surface area contributed by atoms with E-state index >= 15 is 0 Å². The van der Waals surface area contributed by atoms with Crippen molar-refractivity contribution in [2.24, 2.45) is 5.92 Å². The number of carbonyl (C=O) groups excluding carboxylic acids is 3. The highest BCUT2D eigenvalue weighted by molar-refractivity contribution is 5.96. The number of hydrogen-bond acceptors (Lipinski definition) is 7. The van der Waals surface area contributed by atoms with E-state index in [1.165, 1.54) is 11.0 Å². The average molecular weight is 591 g/mol.